The minimum atomic E-state index is -3.84. The largest absolute Gasteiger partial charge is 0.394 e. The quantitative estimate of drug-likeness (QED) is 0.120. The van der Waals surface area contributed by atoms with Gasteiger partial charge in [-0.3, -0.25) is 9.36 Å². The van der Waals surface area contributed by atoms with E-state index in [2.05, 4.69) is 33.0 Å². The first-order valence-corrected chi connectivity index (χ1v) is 18.6. The van der Waals surface area contributed by atoms with Gasteiger partial charge in [-0.15, -0.1) is 0 Å². The molecule has 0 spiro atoms. The minimum absolute atomic E-state index is 0.123. The molecule has 1 amide bonds. The molecule has 0 aromatic heterocycles. The molecule has 0 aliphatic carbocycles. The summed E-state index contributed by atoms with van der Waals surface area (Å²) in [4.78, 5) is 22.9. The zero-order valence-corrected chi connectivity index (χ0v) is 32.2. The molecule has 1 aliphatic heterocycles. The Labute approximate surface area is 279 Å². The molecular formula is C34H68NO10P. The summed E-state index contributed by atoms with van der Waals surface area (Å²) in [6, 6.07) is -0.872. The molecule has 1 fully saturated rings. The Kier molecular flexibility index (Phi) is 15.9. The summed E-state index contributed by atoms with van der Waals surface area (Å²) in [6.07, 6.45) is -1.01. The van der Waals surface area contributed by atoms with Crippen molar-refractivity contribution in [1.29, 1.82) is 0 Å². The fourth-order valence-corrected chi connectivity index (χ4v) is 7.30. The third-order valence-corrected chi connectivity index (χ3v) is 11.1. The van der Waals surface area contributed by atoms with Gasteiger partial charge in [-0.2, -0.15) is 0 Å². The van der Waals surface area contributed by atoms with Crippen LogP contribution in [-0.2, 0) is 32.8 Å². The van der Waals surface area contributed by atoms with Crippen LogP contribution in [-0.4, -0.2) is 93.9 Å². The fourth-order valence-electron chi connectivity index (χ4n) is 6.26. The van der Waals surface area contributed by atoms with Gasteiger partial charge >= 0.3 is 7.60 Å². The molecule has 1 aliphatic rings. The molecule has 46 heavy (non-hydrogen) atoms. The fraction of sp³-hybridized carbons (Fsp3) is 0.971. The molecule has 0 saturated carbocycles. The zero-order chi connectivity index (χ0) is 35.9. The highest BCUT2D eigenvalue weighted by Crippen LogP contribution is 2.53. The first kappa shape index (κ1) is 43.4. The average molecular weight is 682 g/mol. The van der Waals surface area contributed by atoms with Crippen LogP contribution in [0.2, 0.25) is 0 Å². The summed E-state index contributed by atoms with van der Waals surface area (Å²) >= 11 is 0. The van der Waals surface area contributed by atoms with Crippen molar-refractivity contribution in [3.8, 4) is 0 Å². The van der Waals surface area contributed by atoms with E-state index in [0.717, 1.165) is 19.3 Å². The molecule has 9 atom stereocenters. The number of rotatable bonds is 19. The highest BCUT2D eigenvalue weighted by atomic mass is 31.2. The maximum atomic E-state index is 12.8. The van der Waals surface area contributed by atoms with Crippen molar-refractivity contribution in [3.05, 3.63) is 0 Å². The van der Waals surface area contributed by atoms with Crippen LogP contribution in [0.5, 0.6) is 0 Å². The minimum Gasteiger partial charge on any atom is -0.394 e. The molecule has 0 aromatic rings. The SMILES string of the molecule is CCC(C)(COC1OC(CO)C(O)C(OCC(C)(C)CC(C)(CC)OP(=O)(O)C(C)C)C1NC(C)=O)CC(C)(CC)OC(C)(C)C. The molecular weight excluding hydrogens is 613 g/mol. The average Bonchev–Trinajstić information content (AvgIpc) is 2.90. The van der Waals surface area contributed by atoms with Gasteiger partial charge in [0.1, 0.15) is 24.4 Å². The van der Waals surface area contributed by atoms with Gasteiger partial charge in [0, 0.05) is 6.92 Å². The van der Waals surface area contributed by atoms with Crippen molar-refractivity contribution in [1.82, 2.24) is 5.32 Å². The van der Waals surface area contributed by atoms with Crippen LogP contribution in [0.1, 0.15) is 129 Å². The molecule has 0 radical (unpaired) electrons. The number of amides is 1. The molecule has 0 bridgehead atoms. The number of hydrogen-bond donors (Lipinski definition) is 4. The van der Waals surface area contributed by atoms with E-state index in [0.29, 0.717) is 12.8 Å². The molecule has 12 heteroatoms. The van der Waals surface area contributed by atoms with Crippen molar-refractivity contribution in [2.45, 2.75) is 182 Å². The van der Waals surface area contributed by atoms with Gasteiger partial charge in [0.05, 0.1) is 42.3 Å². The van der Waals surface area contributed by atoms with E-state index >= 15 is 0 Å². The van der Waals surface area contributed by atoms with Crippen molar-refractivity contribution < 1.29 is 47.9 Å². The van der Waals surface area contributed by atoms with E-state index in [1.165, 1.54) is 6.92 Å². The number of aliphatic hydroxyl groups excluding tert-OH is 2. The molecule has 11 nitrogen and oxygen atoms in total. The lowest BCUT2D eigenvalue weighted by atomic mass is 9.76. The van der Waals surface area contributed by atoms with E-state index in [1.807, 2.05) is 48.5 Å². The first-order chi connectivity index (χ1) is 20.8. The summed E-state index contributed by atoms with van der Waals surface area (Å²) in [5, 5.41) is 24.3. The highest BCUT2D eigenvalue weighted by molar-refractivity contribution is 7.53. The molecule has 274 valence electrons. The van der Waals surface area contributed by atoms with Gasteiger partial charge < -0.3 is 43.9 Å². The Bertz CT molecular complexity index is 1000. The van der Waals surface area contributed by atoms with Gasteiger partial charge in [-0.25, -0.2) is 0 Å². The summed E-state index contributed by atoms with van der Waals surface area (Å²) in [6.45, 7) is 26.8. The van der Waals surface area contributed by atoms with E-state index in [-0.39, 0.29) is 30.1 Å². The topological polar surface area (TPSA) is 153 Å². The second-order valence-electron chi connectivity index (χ2n) is 16.3. The van der Waals surface area contributed by atoms with Gasteiger partial charge in [0.25, 0.3) is 0 Å². The van der Waals surface area contributed by atoms with Crippen molar-refractivity contribution in [2.24, 2.45) is 10.8 Å². The zero-order valence-electron chi connectivity index (χ0n) is 31.3. The number of nitrogens with one attached hydrogen (secondary N) is 1. The lowest BCUT2D eigenvalue weighted by Gasteiger charge is -2.47. The second-order valence-corrected chi connectivity index (χ2v) is 18.6. The maximum Gasteiger partial charge on any atom is 0.331 e. The molecule has 9 unspecified atom stereocenters. The first-order valence-electron chi connectivity index (χ1n) is 17.0. The molecule has 1 saturated heterocycles. The van der Waals surface area contributed by atoms with Crippen LogP contribution in [0, 0.1) is 10.8 Å². The van der Waals surface area contributed by atoms with Gasteiger partial charge in [-0.1, -0.05) is 55.4 Å². The van der Waals surface area contributed by atoms with Crippen LogP contribution in [0.4, 0.5) is 0 Å². The van der Waals surface area contributed by atoms with E-state index in [9.17, 15) is 24.5 Å². The summed E-state index contributed by atoms with van der Waals surface area (Å²) in [5.41, 5.74) is -3.04. The molecule has 1 rings (SSSR count). The predicted molar refractivity (Wildman–Crippen MR) is 181 cm³/mol. The maximum absolute atomic E-state index is 12.8. The second kappa shape index (κ2) is 16.9. The summed E-state index contributed by atoms with van der Waals surface area (Å²) in [5.74, 6) is -0.348. The lowest BCUT2D eigenvalue weighted by Crippen LogP contribution is -2.66. The van der Waals surface area contributed by atoms with Crippen molar-refractivity contribution in [3.63, 3.8) is 0 Å². The summed E-state index contributed by atoms with van der Waals surface area (Å²) in [7, 11) is -3.84. The van der Waals surface area contributed by atoms with Crippen LogP contribution in [0.3, 0.4) is 0 Å². The van der Waals surface area contributed by atoms with E-state index in [1.54, 1.807) is 13.8 Å². The number of carbonyl (C=O) groups excluding carboxylic acids is 1. The Morgan fingerprint density at radius 3 is 1.91 bits per heavy atom. The Morgan fingerprint density at radius 1 is 0.913 bits per heavy atom. The monoisotopic (exact) mass is 681 g/mol. The number of carbonyl (C=O) groups is 1. The number of ether oxygens (including phenoxy) is 4. The normalized spacial score (nSPS) is 28.2. The number of aliphatic hydroxyl groups is 2. The van der Waals surface area contributed by atoms with E-state index < -0.39 is 67.1 Å². The standard InChI is InChI=1S/C34H68NO10P/c1-15-32(12,20-33(13,16-2)44-30(7,8)9)22-42-29-26(35-24(6)37)28(27(38)25(18-36)43-29)41-21-31(10,11)19-34(14,17-3)45-46(39,40)23(4)5/h23,25-29,36,38H,15-22H2,1-14H3,(H,35,37)(H,39,40). The van der Waals surface area contributed by atoms with Crippen molar-refractivity contribution >= 4 is 13.5 Å². The Morgan fingerprint density at radius 2 is 1.48 bits per heavy atom. The van der Waals surface area contributed by atoms with E-state index in [4.69, 9.17) is 23.5 Å². The third kappa shape index (κ3) is 13.4. The number of hydrogen-bond acceptors (Lipinski definition) is 9. The van der Waals surface area contributed by atoms with Crippen LogP contribution < -0.4 is 5.32 Å². The van der Waals surface area contributed by atoms with Crippen LogP contribution in [0.25, 0.3) is 0 Å². The lowest BCUT2D eigenvalue weighted by molar-refractivity contribution is -0.286. The Hall–Kier alpha value is -0.620. The smallest absolute Gasteiger partial charge is 0.331 e. The van der Waals surface area contributed by atoms with Crippen molar-refractivity contribution in [2.75, 3.05) is 19.8 Å². The van der Waals surface area contributed by atoms with Gasteiger partial charge in [-0.05, 0) is 77.6 Å². The highest BCUT2D eigenvalue weighted by Gasteiger charge is 2.49. The molecule has 0 aromatic carbocycles. The van der Waals surface area contributed by atoms with Crippen LogP contribution in [0.15, 0.2) is 0 Å². The molecule has 1 heterocycles. The summed E-state index contributed by atoms with van der Waals surface area (Å²) < 4.78 is 43.9. The Balaban J connectivity index is 3.26. The third-order valence-electron chi connectivity index (χ3n) is 9.04. The predicted octanol–water partition coefficient (Wildman–Crippen LogP) is 5.96. The molecule has 4 N–H and O–H groups in total. The van der Waals surface area contributed by atoms with Crippen LogP contribution >= 0.6 is 7.60 Å². The van der Waals surface area contributed by atoms with Gasteiger partial charge in [0.15, 0.2) is 6.29 Å². The van der Waals surface area contributed by atoms with Gasteiger partial charge in [0.2, 0.25) is 5.91 Å².